The van der Waals surface area contributed by atoms with Crippen LogP contribution in [0.25, 0.3) is 0 Å². The van der Waals surface area contributed by atoms with Gasteiger partial charge in [-0.25, -0.2) is 0 Å². The molecule has 0 radical (unpaired) electrons. The number of methoxy groups -OCH3 is 1. The first-order valence-electron chi connectivity index (χ1n) is 5.14. The normalized spacial score (nSPS) is 31.8. The molecule has 0 bridgehead atoms. The molecule has 3 N–H and O–H groups in total. The summed E-state index contributed by atoms with van der Waals surface area (Å²) in [5.41, 5.74) is 5.56. The highest BCUT2D eigenvalue weighted by molar-refractivity contribution is 5.83. The Hall–Kier alpha value is -0.610. The van der Waals surface area contributed by atoms with Crippen LogP contribution in [-0.4, -0.2) is 32.2 Å². The molecule has 1 saturated carbocycles. The van der Waals surface area contributed by atoms with Gasteiger partial charge in [-0.3, -0.25) is 4.79 Å². The lowest BCUT2D eigenvalue weighted by atomic mass is 9.84. The van der Waals surface area contributed by atoms with E-state index in [0.29, 0.717) is 13.2 Å². The summed E-state index contributed by atoms with van der Waals surface area (Å²) in [6.07, 6.45) is 2.90. The van der Waals surface area contributed by atoms with Gasteiger partial charge in [0.05, 0.1) is 12.0 Å². The fourth-order valence-corrected chi connectivity index (χ4v) is 1.94. The topological polar surface area (TPSA) is 64.3 Å². The molecule has 82 valence electrons. The van der Waals surface area contributed by atoms with Crippen LogP contribution in [0.1, 0.15) is 26.2 Å². The lowest BCUT2D eigenvalue weighted by Crippen LogP contribution is -2.48. The van der Waals surface area contributed by atoms with Gasteiger partial charge in [0.25, 0.3) is 0 Å². The van der Waals surface area contributed by atoms with Gasteiger partial charge in [-0.1, -0.05) is 6.42 Å². The third kappa shape index (κ3) is 2.25. The maximum atomic E-state index is 11.8. The summed E-state index contributed by atoms with van der Waals surface area (Å²) in [5.74, 6) is 0.0690. The Kier molecular flexibility index (Phi) is 3.89. The highest BCUT2D eigenvalue weighted by Gasteiger charge is 2.42. The van der Waals surface area contributed by atoms with Crippen LogP contribution in [0, 0.1) is 5.41 Å². The van der Waals surface area contributed by atoms with E-state index < -0.39 is 0 Å². The van der Waals surface area contributed by atoms with Crippen LogP contribution in [0.4, 0.5) is 0 Å². The SMILES string of the molecule is COCCNC(=O)C1(C)CCCC1N. The Morgan fingerprint density at radius 3 is 2.93 bits per heavy atom. The first kappa shape index (κ1) is 11.5. The molecule has 1 aliphatic carbocycles. The number of amides is 1. The van der Waals surface area contributed by atoms with Crippen molar-refractivity contribution in [2.45, 2.75) is 32.2 Å². The standard InChI is InChI=1S/C10H20N2O2/c1-10(5-3-4-8(10)11)9(13)12-6-7-14-2/h8H,3-7,11H2,1-2H3,(H,12,13). The molecule has 0 aromatic heterocycles. The van der Waals surface area contributed by atoms with Crippen LogP contribution in [0.2, 0.25) is 0 Å². The fraction of sp³-hybridized carbons (Fsp3) is 0.900. The van der Waals surface area contributed by atoms with Gasteiger partial charge in [-0.15, -0.1) is 0 Å². The number of rotatable bonds is 4. The zero-order valence-corrected chi connectivity index (χ0v) is 9.01. The van der Waals surface area contributed by atoms with E-state index in [1.165, 1.54) is 0 Å². The smallest absolute Gasteiger partial charge is 0.227 e. The highest BCUT2D eigenvalue weighted by Crippen LogP contribution is 2.36. The van der Waals surface area contributed by atoms with Crippen LogP contribution in [-0.2, 0) is 9.53 Å². The number of nitrogens with two attached hydrogens (primary N) is 1. The molecule has 1 fully saturated rings. The molecule has 2 unspecified atom stereocenters. The van der Waals surface area contributed by atoms with E-state index in [9.17, 15) is 4.79 Å². The van der Waals surface area contributed by atoms with E-state index >= 15 is 0 Å². The molecule has 0 saturated heterocycles. The summed E-state index contributed by atoms with van der Waals surface area (Å²) in [7, 11) is 1.62. The molecule has 1 rings (SSSR count). The lowest BCUT2D eigenvalue weighted by molar-refractivity contribution is -0.130. The molecule has 4 nitrogen and oxygen atoms in total. The molecule has 0 spiro atoms. The molecule has 0 aromatic rings. The van der Waals surface area contributed by atoms with Crippen LogP contribution in [0.15, 0.2) is 0 Å². The maximum absolute atomic E-state index is 11.8. The van der Waals surface area contributed by atoms with Crippen LogP contribution in [0.5, 0.6) is 0 Å². The highest BCUT2D eigenvalue weighted by atomic mass is 16.5. The van der Waals surface area contributed by atoms with Crippen LogP contribution >= 0.6 is 0 Å². The van der Waals surface area contributed by atoms with Gasteiger partial charge >= 0.3 is 0 Å². The van der Waals surface area contributed by atoms with Gasteiger partial charge in [0.1, 0.15) is 0 Å². The molecule has 0 aromatic carbocycles. The Bertz CT molecular complexity index is 208. The summed E-state index contributed by atoms with van der Waals surface area (Å²) in [6, 6.07) is 0.00467. The largest absolute Gasteiger partial charge is 0.383 e. The zero-order valence-electron chi connectivity index (χ0n) is 9.01. The van der Waals surface area contributed by atoms with Crippen LogP contribution < -0.4 is 11.1 Å². The van der Waals surface area contributed by atoms with Crippen molar-refractivity contribution in [3.8, 4) is 0 Å². The quantitative estimate of drug-likeness (QED) is 0.640. The summed E-state index contributed by atoms with van der Waals surface area (Å²) >= 11 is 0. The average Bonchev–Trinajstić information content (AvgIpc) is 2.49. The second-order valence-electron chi connectivity index (χ2n) is 4.16. The summed E-state index contributed by atoms with van der Waals surface area (Å²) in [6.45, 7) is 3.07. The fourth-order valence-electron chi connectivity index (χ4n) is 1.94. The third-order valence-electron chi connectivity index (χ3n) is 3.14. The summed E-state index contributed by atoms with van der Waals surface area (Å²) in [5, 5.41) is 2.85. The molecule has 0 heterocycles. The summed E-state index contributed by atoms with van der Waals surface area (Å²) in [4.78, 5) is 11.8. The first-order chi connectivity index (χ1) is 6.61. The van der Waals surface area contributed by atoms with E-state index in [0.717, 1.165) is 19.3 Å². The average molecular weight is 200 g/mol. The van der Waals surface area contributed by atoms with Gasteiger partial charge in [-0.2, -0.15) is 0 Å². The van der Waals surface area contributed by atoms with Gasteiger partial charge in [0, 0.05) is 19.7 Å². The Balaban J connectivity index is 2.42. The zero-order chi connectivity index (χ0) is 10.6. The van der Waals surface area contributed by atoms with E-state index in [4.69, 9.17) is 10.5 Å². The Labute approximate surface area is 85.2 Å². The molecular weight excluding hydrogens is 180 g/mol. The van der Waals surface area contributed by atoms with E-state index in [1.807, 2.05) is 6.92 Å². The molecule has 0 aliphatic heterocycles. The molecule has 14 heavy (non-hydrogen) atoms. The minimum Gasteiger partial charge on any atom is -0.383 e. The van der Waals surface area contributed by atoms with Gasteiger partial charge < -0.3 is 15.8 Å². The number of hydrogen-bond donors (Lipinski definition) is 2. The Morgan fingerprint density at radius 2 is 2.43 bits per heavy atom. The number of nitrogens with one attached hydrogen (secondary N) is 1. The molecule has 2 atom stereocenters. The van der Waals surface area contributed by atoms with E-state index in [1.54, 1.807) is 7.11 Å². The van der Waals surface area contributed by atoms with Crippen molar-refractivity contribution < 1.29 is 9.53 Å². The predicted octanol–water partition coefficient (Wildman–Crippen LogP) is 0.267. The molecular formula is C10H20N2O2. The molecule has 4 heteroatoms. The number of hydrogen-bond acceptors (Lipinski definition) is 3. The monoisotopic (exact) mass is 200 g/mol. The van der Waals surface area contributed by atoms with E-state index in [2.05, 4.69) is 5.32 Å². The van der Waals surface area contributed by atoms with Crippen molar-refractivity contribution in [3.05, 3.63) is 0 Å². The van der Waals surface area contributed by atoms with Crippen molar-refractivity contribution in [1.29, 1.82) is 0 Å². The first-order valence-corrected chi connectivity index (χ1v) is 5.14. The summed E-state index contributed by atoms with van der Waals surface area (Å²) < 4.78 is 4.87. The second-order valence-corrected chi connectivity index (χ2v) is 4.16. The third-order valence-corrected chi connectivity index (χ3v) is 3.14. The second kappa shape index (κ2) is 4.75. The van der Waals surface area contributed by atoms with Crippen LogP contribution in [0.3, 0.4) is 0 Å². The Morgan fingerprint density at radius 1 is 1.71 bits per heavy atom. The maximum Gasteiger partial charge on any atom is 0.227 e. The van der Waals surface area contributed by atoms with Crippen molar-refractivity contribution in [2.75, 3.05) is 20.3 Å². The number of carbonyl (C=O) groups excluding carboxylic acids is 1. The number of ether oxygens (including phenoxy) is 1. The molecule has 1 amide bonds. The minimum absolute atomic E-state index is 0.00467. The lowest BCUT2D eigenvalue weighted by Gasteiger charge is -2.27. The van der Waals surface area contributed by atoms with E-state index in [-0.39, 0.29) is 17.4 Å². The van der Waals surface area contributed by atoms with Crippen molar-refractivity contribution >= 4 is 5.91 Å². The number of carbonyl (C=O) groups is 1. The van der Waals surface area contributed by atoms with Crippen molar-refractivity contribution in [2.24, 2.45) is 11.1 Å². The van der Waals surface area contributed by atoms with Gasteiger partial charge in [-0.05, 0) is 19.8 Å². The molecule has 1 aliphatic rings. The predicted molar refractivity (Wildman–Crippen MR) is 54.8 cm³/mol. The van der Waals surface area contributed by atoms with Crippen molar-refractivity contribution in [3.63, 3.8) is 0 Å². The van der Waals surface area contributed by atoms with Crippen molar-refractivity contribution in [1.82, 2.24) is 5.32 Å². The van der Waals surface area contributed by atoms with Gasteiger partial charge in [0.15, 0.2) is 0 Å². The minimum atomic E-state index is -0.367. The van der Waals surface area contributed by atoms with Gasteiger partial charge in [0.2, 0.25) is 5.91 Å².